The average Bonchev–Trinajstić information content (AvgIpc) is 3.25. The van der Waals surface area contributed by atoms with Crippen LogP contribution in [0.3, 0.4) is 0 Å². The Morgan fingerprint density at radius 2 is 2.12 bits per heavy atom. The Labute approximate surface area is 157 Å². The smallest absolute Gasteiger partial charge is 0.234 e. The van der Waals surface area contributed by atoms with Crippen LogP contribution in [-0.4, -0.2) is 26.4 Å². The van der Waals surface area contributed by atoms with Crippen molar-refractivity contribution in [1.82, 2.24) is 14.8 Å². The van der Waals surface area contributed by atoms with E-state index in [1.54, 1.807) is 18.4 Å². The first-order valence-electron chi connectivity index (χ1n) is 7.43. The lowest BCUT2D eigenvalue weighted by Crippen LogP contribution is -2.14. The zero-order valence-corrected chi connectivity index (χ0v) is 15.6. The molecule has 0 fully saturated rings. The number of halogens is 1. The average molecular weight is 419 g/mol. The first-order valence-corrected chi connectivity index (χ1v) is 9.21. The van der Waals surface area contributed by atoms with Gasteiger partial charge < -0.3 is 9.73 Å². The van der Waals surface area contributed by atoms with Crippen LogP contribution in [0.15, 0.2) is 69.4 Å². The van der Waals surface area contributed by atoms with E-state index in [1.807, 2.05) is 34.9 Å². The minimum atomic E-state index is -0.111. The topological polar surface area (TPSA) is 73.0 Å². The highest BCUT2D eigenvalue weighted by atomic mass is 79.9. The number of allylic oxidation sites excluding steroid dienone is 1. The zero-order chi connectivity index (χ0) is 17.6. The molecule has 3 rings (SSSR count). The molecule has 1 amide bonds. The lowest BCUT2D eigenvalue weighted by atomic mass is 10.3. The van der Waals surface area contributed by atoms with Crippen molar-refractivity contribution < 1.29 is 9.21 Å². The molecule has 0 unspecified atom stereocenters. The summed E-state index contributed by atoms with van der Waals surface area (Å²) in [7, 11) is 0. The molecule has 2 aromatic heterocycles. The fourth-order valence-corrected chi connectivity index (χ4v) is 3.15. The fraction of sp³-hybridized carbons (Fsp3) is 0.118. The molecule has 3 aromatic rings. The van der Waals surface area contributed by atoms with Gasteiger partial charge in [0, 0.05) is 16.7 Å². The SMILES string of the molecule is C=CCn1c(SCC(=O)Nc2ccc(Br)cc2)nnc1-c1ccco1. The number of anilines is 1. The van der Waals surface area contributed by atoms with Gasteiger partial charge in [0.2, 0.25) is 11.7 Å². The van der Waals surface area contributed by atoms with Crippen molar-refractivity contribution in [2.45, 2.75) is 11.7 Å². The van der Waals surface area contributed by atoms with Crippen LogP contribution in [0.1, 0.15) is 0 Å². The summed E-state index contributed by atoms with van der Waals surface area (Å²) in [5.41, 5.74) is 0.748. The van der Waals surface area contributed by atoms with Crippen molar-refractivity contribution >= 4 is 39.3 Å². The number of rotatable bonds is 7. The number of nitrogens with one attached hydrogen (secondary N) is 1. The second kappa shape index (κ2) is 8.17. The van der Waals surface area contributed by atoms with Gasteiger partial charge in [0.05, 0.1) is 12.0 Å². The summed E-state index contributed by atoms with van der Waals surface area (Å²) in [6.07, 6.45) is 3.34. The molecular formula is C17H15BrN4O2S. The lowest BCUT2D eigenvalue weighted by Gasteiger charge is -2.07. The van der Waals surface area contributed by atoms with Crippen molar-refractivity contribution in [2.24, 2.45) is 0 Å². The monoisotopic (exact) mass is 418 g/mol. The number of amides is 1. The molecule has 0 aliphatic rings. The van der Waals surface area contributed by atoms with Gasteiger partial charge in [-0.25, -0.2) is 0 Å². The second-order valence-electron chi connectivity index (χ2n) is 5.03. The Kier molecular flexibility index (Phi) is 5.72. The van der Waals surface area contributed by atoms with E-state index >= 15 is 0 Å². The Balaban J connectivity index is 1.67. The molecule has 25 heavy (non-hydrogen) atoms. The zero-order valence-electron chi connectivity index (χ0n) is 13.2. The van der Waals surface area contributed by atoms with E-state index < -0.39 is 0 Å². The third-order valence-electron chi connectivity index (χ3n) is 3.23. The molecule has 2 heterocycles. The standard InChI is InChI=1S/C17H15BrN4O2S/c1-2-9-22-16(14-4-3-10-24-14)20-21-17(22)25-11-15(23)19-13-7-5-12(18)6-8-13/h2-8,10H,1,9,11H2,(H,19,23). The summed E-state index contributed by atoms with van der Waals surface area (Å²) in [6.45, 7) is 4.29. The number of hydrogen-bond acceptors (Lipinski definition) is 5. The summed E-state index contributed by atoms with van der Waals surface area (Å²) < 4.78 is 8.21. The number of benzene rings is 1. The Morgan fingerprint density at radius 3 is 2.80 bits per heavy atom. The maximum atomic E-state index is 12.1. The maximum absolute atomic E-state index is 12.1. The summed E-state index contributed by atoms with van der Waals surface area (Å²) in [6, 6.07) is 11.0. The van der Waals surface area contributed by atoms with Gasteiger partial charge in [-0.15, -0.1) is 16.8 Å². The van der Waals surface area contributed by atoms with E-state index in [1.165, 1.54) is 11.8 Å². The summed E-state index contributed by atoms with van der Waals surface area (Å²) in [5, 5.41) is 11.8. The predicted molar refractivity (Wildman–Crippen MR) is 101 cm³/mol. The van der Waals surface area contributed by atoms with Crippen molar-refractivity contribution in [1.29, 1.82) is 0 Å². The molecule has 0 aliphatic carbocycles. The molecule has 0 aliphatic heterocycles. The first kappa shape index (κ1) is 17.5. The van der Waals surface area contributed by atoms with E-state index in [4.69, 9.17) is 4.42 Å². The Bertz CT molecular complexity index is 859. The van der Waals surface area contributed by atoms with Crippen LogP contribution in [0.2, 0.25) is 0 Å². The number of carbonyl (C=O) groups excluding carboxylic acids is 1. The number of nitrogens with zero attached hydrogens (tertiary/aromatic N) is 3. The minimum absolute atomic E-state index is 0.111. The van der Waals surface area contributed by atoms with Crippen molar-refractivity contribution in [3.05, 3.63) is 59.8 Å². The molecule has 6 nitrogen and oxygen atoms in total. The van der Waals surface area contributed by atoms with Crippen molar-refractivity contribution in [2.75, 3.05) is 11.1 Å². The van der Waals surface area contributed by atoms with Crippen LogP contribution in [0.5, 0.6) is 0 Å². The molecule has 0 spiro atoms. The largest absolute Gasteiger partial charge is 0.461 e. The molecule has 0 saturated heterocycles. The normalized spacial score (nSPS) is 10.6. The van der Waals surface area contributed by atoms with Gasteiger partial charge in [-0.05, 0) is 36.4 Å². The molecule has 0 radical (unpaired) electrons. The maximum Gasteiger partial charge on any atom is 0.234 e. The number of furan rings is 1. The first-order chi connectivity index (χ1) is 12.2. The van der Waals surface area contributed by atoms with Gasteiger partial charge in [-0.3, -0.25) is 9.36 Å². The predicted octanol–water partition coefficient (Wildman–Crippen LogP) is 4.22. The Morgan fingerprint density at radius 1 is 1.32 bits per heavy atom. The van der Waals surface area contributed by atoms with Gasteiger partial charge in [-0.2, -0.15) is 0 Å². The molecule has 1 N–H and O–H groups in total. The van der Waals surface area contributed by atoms with Gasteiger partial charge in [0.15, 0.2) is 10.9 Å². The third kappa shape index (κ3) is 4.40. The van der Waals surface area contributed by atoms with Crippen molar-refractivity contribution in [3.8, 4) is 11.6 Å². The molecule has 128 valence electrons. The van der Waals surface area contributed by atoms with Gasteiger partial charge in [-0.1, -0.05) is 33.8 Å². The van der Waals surface area contributed by atoms with Gasteiger partial charge in [0.25, 0.3) is 0 Å². The van der Waals surface area contributed by atoms with E-state index in [0.29, 0.717) is 23.3 Å². The van der Waals surface area contributed by atoms with Crippen LogP contribution in [0.25, 0.3) is 11.6 Å². The lowest BCUT2D eigenvalue weighted by molar-refractivity contribution is -0.113. The van der Waals surface area contributed by atoms with E-state index in [2.05, 4.69) is 38.0 Å². The third-order valence-corrected chi connectivity index (χ3v) is 4.73. The van der Waals surface area contributed by atoms with Gasteiger partial charge in [0.1, 0.15) is 0 Å². The quantitative estimate of drug-likeness (QED) is 0.459. The summed E-state index contributed by atoms with van der Waals surface area (Å²) >= 11 is 4.68. The molecule has 8 heteroatoms. The summed E-state index contributed by atoms with van der Waals surface area (Å²) in [5.74, 6) is 1.35. The second-order valence-corrected chi connectivity index (χ2v) is 6.88. The minimum Gasteiger partial charge on any atom is -0.461 e. The van der Waals surface area contributed by atoms with E-state index in [9.17, 15) is 4.79 Å². The van der Waals surface area contributed by atoms with Crippen LogP contribution >= 0.6 is 27.7 Å². The van der Waals surface area contributed by atoms with Crippen LogP contribution in [0.4, 0.5) is 5.69 Å². The number of hydrogen-bond donors (Lipinski definition) is 1. The molecule has 0 saturated carbocycles. The van der Waals surface area contributed by atoms with Gasteiger partial charge >= 0.3 is 0 Å². The molecular weight excluding hydrogens is 404 g/mol. The summed E-state index contributed by atoms with van der Waals surface area (Å²) in [4.78, 5) is 12.1. The highest BCUT2D eigenvalue weighted by Crippen LogP contribution is 2.24. The molecule has 1 aromatic carbocycles. The van der Waals surface area contributed by atoms with E-state index in [-0.39, 0.29) is 11.7 Å². The highest BCUT2D eigenvalue weighted by Gasteiger charge is 2.16. The number of aromatic nitrogens is 3. The Hall–Kier alpha value is -2.32. The highest BCUT2D eigenvalue weighted by molar-refractivity contribution is 9.10. The molecule has 0 atom stereocenters. The van der Waals surface area contributed by atoms with Crippen LogP contribution < -0.4 is 5.32 Å². The number of carbonyl (C=O) groups is 1. The van der Waals surface area contributed by atoms with E-state index in [0.717, 1.165) is 10.2 Å². The number of thioether (sulfide) groups is 1. The fourth-order valence-electron chi connectivity index (χ4n) is 2.14. The molecule has 0 bridgehead atoms. The van der Waals surface area contributed by atoms with Crippen LogP contribution in [-0.2, 0) is 11.3 Å². The van der Waals surface area contributed by atoms with Crippen LogP contribution in [0, 0.1) is 0 Å². The van der Waals surface area contributed by atoms with Crippen molar-refractivity contribution in [3.63, 3.8) is 0 Å².